The van der Waals surface area contributed by atoms with Gasteiger partial charge in [0.15, 0.2) is 0 Å². The van der Waals surface area contributed by atoms with Gasteiger partial charge in [-0.2, -0.15) is 0 Å². The van der Waals surface area contributed by atoms with Gasteiger partial charge in [0.1, 0.15) is 0 Å². The van der Waals surface area contributed by atoms with Crippen LogP contribution < -0.4 is 10.0 Å². The molecule has 2 rings (SSSR count). The Labute approximate surface area is 115 Å². The fourth-order valence-electron chi connectivity index (χ4n) is 1.88. The summed E-state index contributed by atoms with van der Waals surface area (Å²) >= 11 is 0. The molecule has 0 atom stereocenters. The molecule has 1 saturated carbocycles. The summed E-state index contributed by atoms with van der Waals surface area (Å²) in [6.07, 6.45) is 7.03. The average Bonchev–Trinajstić information content (AvgIpc) is 3.08. The summed E-state index contributed by atoms with van der Waals surface area (Å²) in [4.78, 5) is 3.35. The van der Waals surface area contributed by atoms with Gasteiger partial charge in [-0.15, -0.1) is 0 Å². The molecular weight excluding hydrogens is 262 g/mol. The molecule has 0 spiro atoms. The summed E-state index contributed by atoms with van der Waals surface area (Å²) in [7, 11) is -3.35. The van der Waals surface area contributed by atoms with Crippen molar-refractivity contribution in [2.75, 3.05) is 6.54 Å². The lowest BCUT2D eigenvalue weighted by Gasteiger charge is -2.03. The maximum absolute atomic E-state index is 12.0. The average molecular weight is 285 g/mol. The first-order valence-electron chi connectivity index (χ1n) is 7.02. The molecule has 5 nitrogen and oxygen atoms in total. The number of hydrogen-bond acceptors (Lipinski definition) is 3. The summed E-state index contributed by atoms with van der Waals surface area (Å²) in [5.41, 5.74) is 0.917. The molecule has 0 unspecified atom stereocenters. The molecule has 1 aliphatic carbocycles. The van der Waals surface area contributed by atoms with Crippen LogP contribution in [-0.4, -0.2) is 26.0 Å². The molecule has 1 heterocycles. The third-order valence-corrected chi connectivity index (χ3v) is 4.70. The van der Waals surface area contributed by atoms with Crippen molar-refractivity contribution in [2.24, 2.45) is 0 Å². The molecule has 1 aromatic heterocycles. The fraction of sp³-hybridized carbons (Fsp3) is 0.692. The van der Waals surface area contributed by atoms with Crippen molar-refractivity contribution >= 4 is 10.0 Å². The van der Waals surface area contributed by atoms with E-state index in [4.69, 9.17) is 0 Å². The van der Waals surface area contributed by atoms with E-state index in [0.717, 1.165) is 25.0 Å². The highest BCUT2D eigenvalue weighted by atomic mass is 32.2. The third-order valence-electron chi connectivity index (χ3n) is 3.26. The van der Waals surface area contributed by atoms with Crippen LogP contribution in [0.3, 0.4) is 0 Å². The van der Waals surface area contributed by atoms with Crippen LogP contribution in [0.5, 0.6) is 0 Å². The van der Waals surface area contributed by atoms with Crippen molar-refractivity contribution in [1.82, 2.24) is 15.0 Å². The van der Waals surface area contributed by atoms with Crippen molar-refractivity contribution in [3.63, 3.8) is 0 Å². The number of aromatic nitrogens is 1. The highest BCUT2D eigenvalue weighted by Gasteiger charge is 2.21. The van der Waals surface area contributed by atoms with Crippen LogP contribution in [0, 0.1) is 0 Å². The van der Waals surface area contributed by atoms with Crippen LogP contribution >= 0.6 is 0 Å². The number of nitrogens with one attached hydrogen (secondary N) is 3. The predicted octanol–water partition coefficient (Wildman–Crippen LogP) is 1.74. The van der Waals surface area contributed by atoms with E-state index in [1.807, 2.05) is 0 Å². The molecular formula is C13H23N3O2S. The van der Waals surface area contributed by atoms with Crippen LogP contribution in [0.1, 0.15) is 44.7 Å². The summed E-state index contributed by atoms with van der Waals surface area (Å²) in [6, 6.07) is 2.33. The number of sulfonamides is 1. The van der Waals surface area contributed by atoms with Gasteiger partial charge in [-0.3, -0.25) is 0 Å². The Morgan fingerprint density at radius 2 is 2.16 bits per heavy atom. The van der Waals surface area contributed by atoms with E-state index >= 15 is 0 Å². The zero-order valence-corrected chi connectivity index (χ0v) is 12.2. The Morgan fingerprint density at radius 1 is 1.37 bits per heavy atom. The van der Waals surface area contributed by atoms with Crippen molar-refractivity contribution < 1.29 is 8.42 Å². The van der Waals surface area contributed by atoms with Gasteiger partial charge in [-0.25, -0.2) is 13.1 Å². The van der Waals surface area contributed by atoms with E-state index in [2.05, 4.69) is 21.9 Å². The van der Waals surface area contributed by atoms with Crippen molar-refractivity contribution in [2.45, 2.75) is 56.5 Å². The van der Waals surface area contributed by atoms with Gasteiger partial charge >= 0.3 is 0 Å². The highest BCUT2D eigenvalue weighted by molar-refractivity contribution is 7.89. The van der Waals surface area contributed by atoms with Gasteiger partial charge in [0.05, 0.1) is 4.90 Å². The van der Waals surface area contributed by atoms with E-state index in [1.54, 1.807) is 12.3 Å². The molecule has 1 aliphatic rings. The second-order valence-corrected chi connectivity index (χ2v) is 6.89. The Bertz CT molecular complexity index is 492. The maximum Gasteiger partial charge on any atom is 0.242 e. The minimum atomic E-state index is -3.35. The molecule has 0 amide bonds. The molecule has 0 aliphatic heterocycles. The van der Waals surface area contributed by atoms with Gasteiger partial charge < -0.3 is 10.3 Å². The van der Waals surface area contributed by atoms with Gasteiger partial charge in [0.25, 0.3) is 0 Å². The first-order chi connectivity index (χ1) is 9.12. The van der Waals surface area contributed by atoms with E-state index in [-0.39, 0.29) is 0 Å². The third kappa shape index (κ3) is 4.63. The Hall–Kier alpha value is -0.850. The summed E-state index contributed by atoms with van der Waals surface area (Å²) in [6.45, 7) is 3.31. The minimum Gasteiger partial charge on any atom is -0.363 e. The van der Waals surface area contributed by atoms with E-state index in [9.17, 15) is 8.42 Å². The SMILES string of the molecule is CCCCCNS(=O)(=O)c1c[nH]c(CNC2CC2)c1. The zero-order valence-electron chi connectivity index (χ0n) is 11.4. The van der Waals surface area contributed by atoms with E-state index < -0.39 is 10.0 Å². The minimum absolute atomic E-state index is 0.330. The number of aromatic amines is 1. The lowest BCUT2D eigenvalue weighted by molar-refractivity contribution is 0.576. The van der Waals surface area contributed by atoms with E-state index in [1.165, 1.54) is 12.8 Å². The van der Waals surface area contributed by atoms with Gasteiger partial charge in [0.2, 0.25) is 10.0 Å². The Morgan fingerprint density at radius 3 is 2.84 bits per heavy atom. The maximum atomic E-state index is 12.0. The first kappa shape index (κ1) is 14.6. The largest absolute Gasteiger partial charge is 0.363 e. The van der Waals surface area contributed by atoms with Gasteiger partial charge in [-0.05, 0) is 25.3 Å². The molecule has 1 fully saturated rings. The fourth-order valence-corrected chi connectivity index (χ4v) is 2.97. The molecule has 108 valence electrons. The van der Waals surface area contributed by atoms with Crippen molar-refractivity contribution in [3.8, 4) is 0 Å². The van der Waals surface area contributed by atoms with Gasteiger partial charge in [-0.1, -0.05) is 19.8 Å². The van der Waals surface area contributed by atoms with Crippen LogP contribution in [0.2, 0.25) is 0 Å². The standard InChI is InChI=1S/C13H23N3O2S/c1-2-3-4-7-16-19(17,18)13-8-12(15-10-13)9-14-11-5-6-11/h8,10-11,14-16H,2-7,9H2,1H3. The monoisotopic (exact) mass is 285 g/mol. The van der Waals surface area contributed by atoms with Crippen LogP contribution in [0.4, 0.5) is 0 Å². The number of H-pyrrole nitrogens is 1. The molecule has 1 aromatic rings. The highest BCUT2D eigenvalue weighted by Crippen LogP contribution is 2.19. The molecule has 3 N–H and O–H groups in total. The molecule has 0 bridgehead atoms. The van der Waals surface area contributed by atoms with Gasteiger partial charge in [0, 0.05) is 31.0 Å². The molecule has 0 aromatic carbocycles. The van der Waals surface area contributed by atoms with Crippen LogP contribution in [0.15, 0.2) is 17.2 Å². The van der Waals surface area contributed by atoms with E-state index in [0.29, 0.717) is 24.0 Å². The quantitative estimate of drug-likeness (QED) is 0.605. The lowest BCUT2D eigenvalue weighted by Crippen LogP contribution is -2.24. The Kier molecular flexibility index (Phi) is 5.01. The molecule has 6 heteroatoms. The topological polar surface area (TPSA) is 74.0 Å². The second-order valence-electron chi connectivity index (χ2n) is 5.12. The summed E-state index contributed by atoms with van der Waals surface area (Å²) in [5.74, 6) is 0. The summed E-state index contributed by atoms with van der Waals surface area (Å²) in [5, 5.41) is 3.35. The molecule has 0 radical (unpaired) electrons. The lowest BCUT2D eigenvalue weighted by atomic mass is 10.3. The molecule has 19 heavy (non-hydrogen) atoms. The Balaban J connectivity index is 1.84. The molecule has 0 saturated heterocycles. The number of unbranched alkanes of at least 4 members (excludes halogenated alkanes) is 2. The van der Waals surface area contributed by atoms with Crippen LogP contribution in [0.25, 0.3) is 0 Å². The number of rotatable bonds is 9. The summed E-state index contributed by atoms with van der Waals surface area (Å²) < 4.78 is 26.6. The van der Waals surface area contributed by atoms with Crippen molar-refractivity contribution in [3.05, 3.63) is 18.0 Å². The van der Waals surface area contributed by atoms with Crippen molar-refractivity contribution in [1.29, 1.82) is 0 Å². The van der Waals surface area contributed by atoms with Crippen LogP contribution in [-0.2, 0) is 16.6 Å². The normalized spacial score (nSPS) is 15.8. The number of hydrogen-bond donors (Lipinski definition) is 3. The zero-order chi connectivity index (χ0) is 13.7. The predicted molar refractivity (Wildman–Crippen MR) is 75.4 cm³/mol. The first-order valence-corrected chi connectivity index (χ1v) is 8.50. The smallest absolute Gasteiger partial charge is 0.242 e. The second kappa shape index (κ2) is 6.54.